The van der Waals surface area contributed by atoms with Crippen molar-refractivity contribution in [1.82, 2.24) is 15.1 Å². The Kier molecular flexibility index (Phi) is 7.09. The molecule has 1 fully saturated rings. The number of ketones is 3. The maximum atomic E-state index is 14.0. The molecule has 5 aliphatic rings. The van der Waals surface area contributed by atoms with Crippen molar-refractivity contribution in [2.24, 2.45) is 0 Å². The number of ether oxygens (including phenoxy) is 4. The molecule has 6 rings (SSSR count). The van der Waals surface area contributed by atoms with Crippen molar-refractivity contribution in [3.63, 3.8) is 0 Å². The summed E-state index contributed by atoms with van der Waals surface area (Å²) in [6, 6.07) is -0.852. The third kappa shape index (κ3) is 4.08. The number of piperazine rings is 1. The third-order valence-corrected chi connectivity index (χ3v) is 9.44. The molecule has 2 bridgehead atoms. The summed E-state index contributed by atoms with van der Waals surface area (Å²) in [5.74, 6) is -1.69. The van der Waals surface area contributed by atoms with Gasteiger partial charge in [-0.2, -0.15) is 5.26 Å². The van der Waals surface area contributed by atoms with Crippen molar-refractivity contribution >= 4 is 29.2 Å². The van der Waals surface area contributed by atoms with Crippen LogP contribution in [-0.2, 0) is 35.1 Å². The molecular weight excluding hydrogens is 572 g/mol. The molecule has 1 aromatic carbocycles. The second-order valence-electron chi connectivity index (χ2n) is 11.7. The molecular formula is C31H32N4O9. The predicted octanol–water partition coefficient (Wildman–Crippen LogP) is 0.969. The average Bonchev–Trinajstić information content (AvgIpc) is 3.47. The topological polar surface area (TPSA) is 165 Å². The smallest absolute Gasteiger partial charge is 0.308 e. The largest absolute Gasteiger partial charge is 0.492 e. The molecule has 1 aliphatic carbocycles. The summed E-state index contributed by atoms with van der Waals surface area (Å²) >= 11 is 0. The minimum absolute atomic E-state index is 0.0177. The molecule has 44 heavy (non-hydrogen) atoms. The molecule has 0 aromatic heterocycles. The molecule has 4 heterocycles. The van der Waals surface area contributed by atoms with E-state index in [2.05, 4.69) is 11.4 Å². The maximum absolute atomic E-state index is 14.0. The van der Waals surface area contributed by atoms with Crippen LogP contribution in [0.5, 0.6) is 17.2 Å². The molecule has 1 N–H and O–H groups in total. The van der Waals surface area contributed by atoms with Gasteiger partial charge in [-0.1, -0.05) is 0 Å². The van der Waals surface area contributed by atoms with Gasteiger partial charge in [0.1, 0.15) is 11.8 Å². The van der Waals surface area contributed by atoms with Crippen molar-refractivity contribution in [1.29, 1.82) is 5.26 Å². The number of amides is 1. The van der Waals surface area contributed by atoms with Gasteiger partial charge in [0.2, 0.25) is 18.4 Å². The van der Waals surface area contributed by atoms with Crippen molar-refractivity contribution < 1.29 is 42.9 Å². The van der Waals surface area contributed by atoms with Gasteiger partial charge in [-0.05, 0) is 33.7 Å². The molecule has 230 valence electrons. The molecule has 1 aromatic rings. The fourth-order valence-corrected chi connectivity index (χ4v) is 7.63. The van der Waals surface area contributed by atoms with Gasteiger partial charge in [0.15, 0.2) is 23.0 Å². The first-order chi connectivity index (χ1) is 20.9. The number of esters is 1. The lowest BCUT2D eigenvalue weighted by Crippen LogP contribution is -2.72. The summed E-state index contributed by atoms with van der Waals surface area (Å²) in [4.78, 5) is 68.2. The van der Waals surface area contributed by atoms with Crippen molar-refractivity contribution in [2.45, 2.75) is 70.7 Å². The normalized spacial score (nSPS) is 27.2. The van der Waals surface area contributed by atoms with Crippen LogP contribution >= 0.6 is 0 Å². The Labute approximate surface area is 253 Å². The highest BCUT2D eigenvalue weighted by Gasteiger charge is 2.59. The van der Waals surface area contributed by atoms with E-state index in [4.69, 9.17) is 18.9 Å². The van der Waals surface area contributed by atoms with Crippen LogP contribution in [0.25, 0.3) is 0 Å². The molecule has 13 heteroatoms. The zero-order valence-corrected chi connectivity index (χ0v) is 25.2. The Bertz CT molecular complexity index is 1670. The molecule has 0 radical (unpaired) electrons. The number of nitriles is 1. The first-order valence-corrected chi connectivity index (χ1v) is 14.3. The molecule has 1 saturated heterocycles. The van der Waals surface area contributed by atoms with E-state index in [0.717, 1.165) is 6.92 Å². The highest BCUT2D eigenvalue weighted by atomic mass is 16.7. The summed E-state index contributed by atoms with van der Waals surface area (Å²) in [6.07, 6.45) is 0.363. The van der Waals surface area contributed by atoms with Crippen molar-refractivity contribution in [2.75, 3.05) is 27.5 Å². The lowest BCUT2D eigenvalue weighted by molar-refractivity contribution is -0.137. The van der Waals surface area contributed by atoms with E-state index in [1.807, 2.05) is 16.8 Å². The molecule has 0 saturated carbocycles. The molecule has 13 nitrogen and oxygen atoms in total. The predicted molar refractivity (Wildman–Crippen MR) is 150 cm³/mol. The quantitative estimate of drug-likeness (QED) is 0.220. The number of Topliss-reactive ketones (excluding diaryl/α,β-unsaturated/α-hetero) is 3. The zero-order valence-electron chi connectivity index (χ0n) is 25.2. The van der Waals surface area contributed by atoms with Crippen LogP contribution < -0.4 is 19.5 Å². The lowest BCUT2D eigenvalue weighted by atomic mass is 9.68. The van der Waals surface area contributed by atoms with Gasteiger partial charge < -0.3 is 24.3 Å². The first kappa shape index (κ1) is 29.5. The van der Waals surface area contributed by atoms with E-state index in [9.17, 15) is 29.2 Å². The number of fused-ring (bicyclic) bond motifs is 8. The molecule has 1 amide bonds. The van der Waals surface area contributed by atoms with Crippen LogP contribution in [0.1, 0.15) is 49.9 Å². The maximum Gasteiger partial charge on any atom is 0.308 e. The second kappa shape index (κ2) is 10.6. The number of hydrogen-bond acceptors (Lipinski definition) is 12. The van der Waals surface area contributed by atoms with Crippen molar-refractivity contribution in [3.8, 4) is 23.3 Å². The Morgan fingerprint density at radius 3 is 2.41 bits per heavy atom. The second-order valence-corrected chi connectivity index (χ2v) is 11.7. The van der Waals surface area contributed by atoms with Gasteiger partial charge in [0.25, 0.3) is 5.91 Å². The number of likely N-dealkylation sites (N-methyl/N-ethyl adjacent to an activating group) is 1. The summed E-state index contributed by atoms with van der Waals surface area (Å²) in [5, 5.41) is 13.4. The number of hydrogen-bond donors (Lipinski definition) is 1. The summed E-state index contributed by atoms with van der Waals surface area (Å²) < 4.78 is 22.9. The number of nitrogens with zero attached hydrogens (tertiary/aromatic N) is 3. The van der Waals surface area contributed by atoms with E-state index in [1.54, 1.807) is 13.8 Å². The van der Waals surface area contributed by atoms with Gasteiger partial charge in [0.05, 0.1) is 25.3 Å². The van der Waals surface area contributed by atoms with Gasteiger partial charge in [-0.25, -0.2) is 0 Å². The number of nitrogens with one attached hydrogen (secondary N) is 1. The van der Waals surface area contributed by atoms with Crippen LogP contribution in [0, 0.1) is 18.3 Å². The van der Waals surface area contributed by atoms with E-state index < -0.39 is 47.9 Å². The van der Waals surface area contributed by atoms with E-state index in [-0.39, 0.29) is 54.8 Å². The van der Waals surface area contributed by atoms with Crippen LogP contribution in [0.2, 0.25) is 0 Å². The number of benzene rings is 1. The standard InChI is InChI=1S/C31H32N4O9/c1-12-25(38)16-7-18-20(9-32)35-19(24(34(18)5)23(16)26(39)28(12)41-6)8-17-22(21(35)10-33-31(40)14(3)36)30-29(42-11-43-30)13(2)27(17)44-15(4)37/h18-21,24H,7-8,10-11H2,1-6H3,(H,33,40)/t18-,19-,20-,21-,24-/m0/s1. The monoisotopic (exact) mass is 604 g/mol. The molecule has 0 spiro atoms. The Balaban J connectivity index is 1.60. The van der Waals surface area contributed by atoms with E-state index in [0.29, 0.717) is 39.3 Å². The Morgan fingerprint density at radius 2 is 1.77 bits per heavy atom. The SMILES string of the molecule is COC1=C(C)C(=O)C2=C(C1=O)[C@@H]1[C@@H]3Cc4c(OC(C)=O)c(C)c5c(c4[C@H](CNC(=O)C(C)=O)N3[C@@H](C#N)[C@H](C2)N1C)OCO5. The van der Waals surface area contributed by atoms with Crippen LogP contribution in [0.3, 0.4) is 0 Å². The minimum Gasteiger partial charge on any atom is -0.492 e. The van der Waals surface area contributed by atoms with Gasteiger partial charge in [0, 0.05) is 65.9 Å². The Morgan fingerprint density at radius 1 is 1.07 bits per heavy atom. The molecule has 4 aliphatic heterocycles. The summed E-state index contributed by atoms with van der Waals surface area (Å²) in [7, 11) is 3.18. The molecule has 0 unspecified atom stereocenters. The average molecular weight is 605 g/mol. The number of carbonyl (C=O) groups excluding carboxylic acids is 5. The van der Waals surface area contributed by atoms with Gasteiger partial charge in [-0.15, -0.1) is 0 Å². The lowest BCUT2D eigenvalue weighted by Gasteiger charge is -2.60. The number of rotatable bonds is 5. The fourth-order valence-electron chi connectivity index (χ4n) is 7.63. The molecule has 5 atom stereocenters. The summed E-state index contributed by atoms with van der Waals surface area (Å²) in [5.41, 5.74) is 2.60. The fraction of sp³-hybridized carbons (Fsp3) is 0.484. The highest BCUT2D eigenvalue weighted by molar-refractivity contribution is 6.35. The number of methoxy groups -OCH3 is 1. The summed E-state index contributed by atoms with van der Waals surface area (Å²) in [6.45, 7) is 5.57. The van der Waals surface area contributed by atoms with Crippen LogP contribution in [0.4, 0.5) is 0 Å². The number of allylic oxidation sites excluding steroid dienone is 2. The van der Waals surface area contributed by atoms with Gasteiger partial charge in [-0.3, -0.25) is 33.8 Å². The van der Waals surface area contributed by atoms with E-state index in [1.165, 1.54) is 14.0 Å². The zero-order chi connectivity index (χ0) is 31.8. The minimum atomic E-state index is -0.805. The number of carbonyl (C=O) groups is 5. The Hall–Kier alpha value is -4.54. The van der Waals surface area contributed by atoms with E-state index >= 15 is 0 Å². The van der Waals surface area contributed by atoms with Gasteiger partial charge >= 0.3 is 5.97 Å². The third-order valence-electron chi connectivity index (χ3n) is 9.44. The van der Waals surface area contributed by atoms with Crippen LogP contribution in [-0.4, -0.2) is 90.7 Å². The van der Waals surface area contributed by atoms with Crippen LogP contribution in [0.15, 0.2) is 22.5 Å². The first-order valence-electron chi connectivity index (χ1n) is 14.3. The van der Waals surface area contributed by atoms with Crippen molar-refractivity contribution in [3.05, 3.63) is 39.2 Å². The highest BCUT2D eigenvalue weighted by Crippen LogP contribution is 2.56.